The zero-order chi connectivity index (χ0) is 31.6. The fraction of sp³-hybridized carbons (Fsp3) is 0.132. The summed E-state index contributed by atoms with van der Waals surface area (Å²) in [5, 5.41) is 4.73. The van der Waals surface area contributed by atoms with Crippen LogP contribution in [0.2, 0.25) is 0 Å². The van der Waals surface area contributed by atoms with Crippen LogP contribution in [0.5, 0.6) is 0 Å². The topological polar surface area (TPSA) is 103 Å². The molecule has 46 heavy (non-hydrogen) atoms. The lowest BCUT2D eigenvalue weighted by molar-refractivity contribution is 0.102. The predicted molar refractivity (Wildman–Crippen MR) is 182 cm³/mol. The molecule has 0 fully saturated rings. The Morgan fingerprint density at radius 3 is 2.33 bits per heavy atom. The molecule has 3 N–H and O–H groups in total. The Hall–Kier alpha value is -5.73. The number of para-hydroxylation sites is 1. The van der Waals surface area contributed by atoms with Crippen LogP contribution in [-0.4, -0.2) is 31.9 Å². The van der Waals surface area contributed by atoms with Gasteiger partial charge in [-0.1, -0.05) is 72.8 Å². The Bertz CT molecular complexity index is 2300. The summed E-state index contributed by atoms with van der Waals surface area (Å²) in [5.74, 6) is -0.230. The molecular weight excluding hydrogens is 574 g/mol. The van der Waals surface area contributed by atoms with E-state index < -0.39 is 0 Å². The van der Waals surface area contributed by atoms with Gasteiger partial charge in [0.1, 0.15) is 10.7 Å². The average molecular weight is 608 g/mol. The number of aromatic nitrogens is 3. The van der Waals surface area contributed by atoms with Gasteiger partial charge in [-0.25, -0.2) is 0 Å². The molecule has 4 aromatic carbocycles. The molecule has 0 spiro atoms. The summed E-state index contributed by atoms with van der Waals surface area (Å²) < 4.78 is 1.34. The number of fused-ring (bicyclic) bond motifs is 3. The third kappa shape index (κ3) is 5.98. The van der Waals surface area contributed by atoms with Crippen molar-refractivity contribution in [2.45, 2.75) is 19.5 Å². The van der Waals surface area contributed by atoms with Crippen molar-refractivity contribution in [2.75, 3.05) is 11.9 Å². The Balaban J connectivity index is 1.00. The minimum Gasteiger partial charge on any atom is -0.357 e. The van der Waals surface area contributed by atoms with Gasteiger partial charge in [0.05, 0.1) is 0 Å². The minimum absolute atomic E-state index is 0.168. The molecule has 1 aliphatic heterocycles. The van der Waals surface area contributed by atoms with Gasteiger partial charge in [-0.05, 0) is 71.2 Å². The van der Waals surface area contributed by atoms with Crippen LogP contribution < -0.4 is 27.1 Å². The quantitative estimate of drug-likeness (QED) is 0.266. The number of anilines is 1. The van der Waals surface area contributed by atoms with Gasteiger partial charge >= 0.3 is 0 Å². The summed E-state index contributed by atoms with van der Waals surface area (Å²) >= 11 is 0. The molecule has 8 nitrogen and oxygen atoms in total. The fourth-order valence-electron chi connectivity index (χ4n) is 6.09. The highest BCUT2D eigenvalue weighted by molar-refractivity contribution is 6.04. The maximum Gasteiger partial charge on any atom is 0.274 e. The number of aromatic amines is 2. The van der Waals surface area contributed by atoms with Crippen LogP contribution in [0.1, 0.15) is 38.3 Å². The zero-order valence-corrected chi connectivity index (χ0v) is 25.4. The molecule has 3 heterocycles. The molecule has 1 aliphatic rings. The van der Waals surface area contributed by atoms with Crippen LogP contribution in [0.3, 0.4) is 0 Å². The van der Waals surface area contributed by atoms with Crippen molar-refractivity contribution < 1.29 is 4.79 Å². The Morgan fingerprint density at radius 2 is 1.54 bits per heavy atom. The number of rotatable bonds is 6. The molecule has 0 radical (unpaired) electrons. The van der Waals surface area contributed by atoms with E-state index in [1.807, 2.05) is 42.5 Å². The maximum absolute atomic E-state index is 13.0. The lowest BCUT2D eigenvalue weighted by Gasteiger charge is -2.27. The van der Waals surface area contributed by atoms with E-state index in [0.717, 1.165) is 37.3 Å². The molecule has 0 atom stereocenters. The normalized spacial score (nSPS) is 14.0. The smallest absolute Gasteiger partial charge is 0.274 e. The lowest BCUT2D eigenvalue weighted by Crippen LogP contribution is -2.52. The number of benzene rings is 4. The largest absolute Gasteiger partial charge is 0.357 e. The number of amides is 1. The van der Waals surface area contributed by atoms with E-state index >= 15 is 0 Å². The number of H-pyrrole nitrogens is 2. The van der Waals surface area contributed by atoms with Crippen LogP contribution in [-0.2, 0) is 26.6 Å². The predicted octanol–water partition coefficient (Wildman–Crippen LogP) is 4.02. The van der Waals surface area contributed by atoms with Gasteiger partial charge in [-0.2, -0.15) is 0 Å². The maximum atomic E-state index is 13.0. The third-order valence-electron chi connectivity index (χ3n) is 8.54. The van der Waals surface area contributed by atoms with Gasteiger partial charge in [-0.15, -0.1) is 0 Å². The van der Waals surface area contributed by atoms with Crippen LogP contribution in [0, 0.1) is 0 Å². The first-order chi connectivity index (χ1) is 22.4. The molecule has 1 amide bonds. The summed E-state index contributed by atoms with van der Waals surface area (Å²) in [5.41, 5.74) is 7.15. The van der Waals surface area contributed by atoms with Crippen molar-refractivity contribution in [2.24, 2.45) is 7.05 Å². The standard InChI is InChI=1S/C38H33N5O3/c1-42-35(22-25-7-3-2-4-8-25)37(45)41-33(38(42)46)21-26-11-15-28(16-12-26)36(44)39-29-17-13-27(14-18-29)23-43-20-19-31-30-9-5-6-10-32(30)40-34(31)24-43/h2-18,21-22,40H,19-20,23-24H2,1H3,(H,39,44)(H,41,45)/b33-21-,35-22-. The highest BCUT2D eigenvalue weighted by Gasteiger charge is 2.20. The molecule has 228 valence electrons. The van der Waals surface area contributed by atoms with Crippen molar-refractivity contribution >= 4 is 34.6 Å². The van der Waals surface area contributed by atoms with E-state index in [1.165, 1.54) is 32.3 Å². The Kier molecular flexibility index (Phi) is 7.78. The van der Waals surface area contributed by atoms with E-state index in [9.17, 15) is 14.4 Å². The molecule has 8 heteroatoms. The van der Waals surface area contributed by atoms with Crippen LogP contribution >= 0.6 is 0 Å². The van der Waals surface area contributed by atoms with E-state index in [1.54, 1.807) is 43.5 Å². The van der Waals surface area contributed by atoms with E-state index in [2.05, 4.69) is 56.6 Å². The second-order valence-electron chi connectivity index (χ2n) is 11.7. The zero-order valence-electron chi connectivity index (χ0n) is 25.4. The van der Waals surface area contributed by atoms with Gasteiger partial charge in [0.2, 0.25) is 0 Å². The second kappa shape index (κ2) is 12.3. The number of carbonyl (C=O) groups is 1. The van der Waals surface area contributed by atoms with Crippen LogP contribution in [0.25, 0.3) is 23.1 Å². The van der Waals surface area contributed by atoms with Crippen molar-refractivity contribution in [1.82, 2.24) is 19.4 Å². The molecule has 0 aliphatic carbocycles. The molecule has 0 saturated heterocycles. The highest BCUT2D eigenvalue weighted by Crippen LogP contribution is 2.28. The molecule has 6 aromatic rings. The number of hydrogen-bond donors (Lipinski definition) is 3. The Labute approximate surface area is 265 Å². The lowest BCUT2D eigenvalue weighted by atomic mass is 10.0. The monoisotopic (exact) mass is 607 g/mol. The fourth-order valence-corrected chi connectivity index (χ4v) is 6.09. The third-order valence-corrected chi connectivity index (χ3v) is 8.54. The van der Waals surface area contributed by atoms with Crippen molar-refractivity contribution in [3.63, 3.8) is 0 Å². The number of carbonyl (C=O) groups excluding carboxylic acids is 1. The minimum atomic E-state index is -0.363. The molecule has 0 saturated carbocycles. The summed E-state index contributed by atoms with van der Waals surface area (Å²) in [6.45, 7) is 2.73. The van der Waals surface area contributed by atoms with E-state index in [0.29, 0.717) is 11.1 Å². The van der Waals surface area contributed by atoms with Crippen molar-refractivity contribution in [3.8, 4) is 0 Å². The first-order valence-electron chi connectivity index (χ1n) is 15.3. The molecular formula is C38H33N5O3. The summed E-state index contributed by atoms with van der Waals surface area (Å²) in [4.78, 5) is 47.5. The average Bonchev–Trinajstić information content (AvgIpc) is 3.45. The van der Waals surface area contributed by atoms with Crippen molar-refractivity contribution in [3.05, 3.63) is 168 Å². The van der Waals surface area contributed by atoms with Gasteiger partial charge in [0, 0.05) is 54.5 Å². The van der Waals surface area contributed by atoms with Gasteiger partial charge in [0.25, 0.3) is 17.0 Å². The van der Waals surface area contributed by atoms with Gasteiger partial charge < -0.3 is 19.9 Å². The first kappa shape index (κ1) is 29.0. The van der Waals surface area contributed by atoms with Gasteiger partial charge in [0.15, 0.2) is 0 Å². The Morgan fingerprint density at radius 1 is 0.826 bits per heavy atom. The number of nitrogens with one attached hydrogen (secondary N) is 3. The number of nitrogens with zero attached hydrogens (tertiary/aromatic N) is 2. The summed E-state index contributed by atoms with van der Waals surface area (Å²) in [6, 6.07) is 32.7. The van der Waals surface area contributed by atoms with E-state index in [4.69, 9.17) is 0 Å². The SMILES string of the molecule is Cn1c(=O)/c(=C/c2ccc(C(=O)Nc3ccc(CN4CCc5c([nH]c6ccccc56)C4)cc3)cc2)[nH]c(=O)/c1=C/c1ccccc1. The van der Waals surface area contributed by atoms with Crippen molar-refractivity contribution in [1.29, 1.82) is 0 Å². The number of hydrogen-bond acceptors (Lipinski definition) is 4. The molecule has 0 unspecified atom stereocenters. The van der Waals surface area contributed by atoms with Crippen LogP contribution in [0.4, 0.5) is 5.69 Å². The van der Waals surface area contributed by atoms with Gasteiger partial charge in [-0.3, -0.25) is 19.3 Å². The van der Waals surface area contributed by atoms with Crippen LogP contribution in [0.15, 0.2) is 113 Å². The first-order valence-corrected chi connectivity index (χ1v) is 15.3. The highest BCUT2D eigenvalue weighted by atomic mass is 16.2. The molecule has 7 rings (SSSR count). The summed E-state index contributed by atoms with van der Waals surface area (Å²) in [6.07, 6.45) is 4.31. The van der Waals surface area contributed by atoms with E-state index in [-0.39, 0.29) is 27.7 Å². The molecule has 0 bridgehead atoms. The molecule has 2 aromatic heterocycles. The second-order valence-corrected chi connectivity index (χ2v) is 11.7. The summed E-state index contributed by atoms with van der Waals surface area (Å²) in [7, 11) is 1.58.